The van der Waals surface area contributed by atoms with Crippen molar-refractivity contribution in [2.45, 2.75) is 6.10 Å². The van der Waals surface area contributed by atoms with Gasteiger partial charge in [-0.25, -0.2) is 4.79 Å². The van der Waals surface area contributed by atoms with Gasteiger partial charge in [0.05, 0.1) is 0 Å². The van der Waals surface area contributed by atoms with E-state index in [4.69, 9.17) is 0 Å². The summed E-state index contributed by atoms with van der Waals surface area (Å²) in [6, 6.07) is 0. The van der Waals surface area contributed by atoms with Gasteiger partial charge in [0, 0.05) is 11.5 Å². The van der Waals surface area contributed by atoms with Crippen LogP contribution in [0.4, 0.5) is 0 Å². The molecule has 1 fully saturated rings. The molecule has 1 radical (unpaired) electrons. The lowest BCUT2D eigenvalue weighted by molar-refractivity contribution is 0.210. The Balaban J connectivity index is 2.03. The van der Waals surface area contributed by atoms with E-state index < -0.39 is 0 Å². The lowest BCUT2D eigenvalue weighted by Crippen LogP contribution is -2.27. The van der Waals surface area contributed by atoms with Crippen molar-refractivity contribution >= 4 is 18.2 Å². The Morgan fingerprint density at radius 2 is 2.43 bits per heavy atom. The zero-order valence-electron chi connectivity index (χ0n) is 3.72. The molecule has 1 heterocycles. The van der Waals surface area contributed by atoms with Gasteiger partial charge >= 0.3 is 6.47 Å². The molecule has 1 rings (SSSR count). The average molecular weight is 117 g/mol. The maximum absolute atomic E-state index is 9.45. The van der Waals surface area contributed by atoms with E-state index in [1.54, 1.807) is 11.8 Å². The topological polar surface area (TPSA) is 26.3 Å². The van der Waals surface area contributed by atoms with Crippen LogP contribution in [-0.2, 0) is 9.53 Å². The molecular weight excluding hydrogens is 112 g/mol. The molecule has 1 aliphatic heterocycles. The van der Waals surface area contributed by atoms with Gasteiger partial charge in [-0.15, -0.1) is 0 Å². The van der Waals surface area contributed by atoms with Crippen molar-refractivity contribution in [2.24, 2.45) is 0 Å². The molecule has 0 aliphatic carbocycles. The fraction of sp³-hybridized carbons (Fsp3) is 0.750. The Labute approximate surface area is 46.2 Å². The molecule has 0 aromatic rings. The van der Waals surface area contributed by atoms with Crippen LogP contribution in [0.1, 0.15) is 0 Å². The van der Waals surface area contributed by atoms with Gasteiger partial charge in [-0.2, -0.15) is 11.8 Å². The molecule has 0 aromatic carbocycles. The second-order valence-corrected chi connectivity index (χ2v) is 2.44. The van der Waals surface area contributed by atoms with Crippen molar-refractivity contribution in [3.63, 3.8) is 0 Å². The minimum absolute atomic E-state index is 0.169. The van der Waals surface area contributed by atoms with Gasteiger partial charge in [-0.1, -0.05) is 0 Å². The average Bonchev–Trinajstić information content (AvgIpc) is 1.55. The molecule has 3 heteroatoms. The molecule has 39 valence electrons. The Bertz CT molecular complexity index is 70.1. The zero-order valence-corrected chi connectivity index (χ0v) is 4.53. The second kappa shape index (κ2) is 2.21. The predicted molar refractivity (Wildman–Crippen MR) is 27.9 cm³/mol. The number of ether oxygens (including phenoxy) is 1. The van der Waals surface area contributed by atoms with E-state index in [-0.39, 0.29) is 6.10 Å². The summed E-state index contributed by atoms with van der Waals surface area (Å²) < 4.78 is 4.45. The second-order valence-electron chi connectivity index (χ2n) is 1.36. The van der Waals surface area contributed by atoms with Crippen molar-refractivity contribution in [2.75, 3.05) is 11.5 Å². The third-order valence-electron chi connectivity index (χ3n) is 0.822. The predicted octanol–water partition coefficient (Wildman–Crippen LogP) is 0.186. The largest absolute Gasteiger partial charge is 0.452 e. The minimum atomic E-state index is 0.169. The maximum Gasteiger partial charge on any atom is 0.417 e. The molecule has 0 atom stereocenters. The van der Waals surface area contributed by atoms with Crippen LogP contribution in [0.2, 0.25) is 0 Å². The Kier molecular flexibility index (Phi) is 1.57. The first-order chi connectivity index (χ1) is 3.43. The Hall–Kier alpha value is -0.180. The van der Waals surface area contributed by atoms with Gasteiger partial charge in [0.15, 0.2) is 0 Å². The van der Waals surface area contributed by atoms with E-state index in [1.807, 2.05) is 0 Å². The molecule has 0 saturated carbocycles. The fourth-order valence-electron chi connectivity index (χ4n) is 0.350. The molecule has 7 heavy (non-hydrogen) atoms. The highest BCUT2D eigenvalue weighted by Crippen LogP contribution is 2.19. The summed E-state index contributed by atoms with van der Waals surface area (Å²) in [5.41, 5.74) is 0. The van der Waals surface area contributed by atoms with Crippen LogP contribution >= 0.6 is 11.8 Å². The highest BCUT2D eigenvalue weighted by atomic mass is 32.2. The lowest BCUT2D eigenvalue weighted by Gasteiger charge is -2.21. The van der Waals surface area contributed by atoms with E-state index in [1.165, 1.54) is 6.47 Å². The van der Waals surface area contributed by atoms with E-state index in [9.17, 15) is 4.79 Å². The fourth-order valence-corrected chi connectivity index (χ4v) is 0.914. The van der Waals surface area contributed by atoms with Crippen molar-refractivity contribution in [1.82, 2.24) is 0 Å². The molecule has 1 saturated heterocycles. The number of hydrogen-bond donors (Lipinski definition) is 0. The molecule has 0 N–H and O–H groups in total. The zero-order chi connectivity index (χ0) is 5.11. The molecular formula is C4H5O2S. The van der Waals surface area contributed by atoms with Crippen molar-refractivity contribution in [3.8, 4) is 0 Å². The first-order valence-electron chi connectivity index (χ1n) is 2.04. The smallest absolute Gasteiger partial charge is 0.417 e. The van der Waals surface area contributed by atoms with Crippen LogP contribution in [0.5, 0.6) is 0 Å². The highest BCUT2D eigenvalue weighted by Gasteiger charge is 2.18. The summed E-state index contributed by atoms with van der Waals surface area (Å²) in [7, 11) is 0. The van der Waals surface area contributed by atoms with Gasteiger partial charge in [0.1, 0.15) is 6.10 Å². The minimum Gasteiger partial charge on any atom is -0.452 e. The maximum atomic E-state index is 9.45. The summed E-state index contributed by atoms with van der Waals surface area (Å²) in [4.78, 5) is 9.45. The summed E-state index contributed by atoms with van der Waals surface area (Å²) >= 11 is 1.78. The number of thioether (sulfide) groups is 1. The van der Waals surface area contributed by atoms with Crippen molar-refractivity contribution in [3.05, 3.63) is 0 Å². The first kappa shape index (κ1) is 4.97. The molecule has 0 bridgehead atoms. The van der Waals surface area contributed by atoms with Crippen LogP contribution in [0, 0.1) is 0 Å². The van der Waals surface area contributed by atoms with Crippen LogP contribution in [0.25, 0.3) is 0 Å². The molecule has 2 nitrogen and oxygen atoms in total. The standard InChI is InChI=1S/C4H5O2S/c5-3-6-4-1-7-2-4/h4H,1-2H2. The lowest BCUT2D eigenvalue weighted by atomic mass is 10.4. The molecule has 0 unspecified atom stereocenters. The van der Waals surface area contributed by atoms with Gasteiger partial charge in [-0.3, -0.25) is 0 Å². The van der Waals surface area contributed by atoms with Crippen molar-refractivity contribution in [1.29, 1.82) is 0 Å². The van der Waals surface area contributed by atoms with E-state index in [2.05, 4.69) is 4.74 Å². The normalized spacial score (nSPS) is 20.6. The number of carbonyl (C=O) groups excluding carboxylic acids is 1. The monoisotopic (exact) mass is 117 g/mol. The first-order valence-corrected chi connectivity index (χ1v) is 3.19. The van der Waals surface area contributed by atoms with Crippen LogP contribution < -0.4 is 0 Å². The summed E-state index contributed by atoms with van der Waals surface area (Å²) in [6.45, 7) is 1.41. The quantitative estimate of drug-likeness (QED) is 0.516. The molecule has 0 spiro atoms. The number of rotatable bonds is 2. The van der Waals surface area contributed by atoms with Gasteiger partial charge in [-0.05, 0) is 0 Å². The van der Waals surface area contributed by atoms with Gasteiger partial charge in [0.2, 0.25) is 0 Å². The van der Waals surface area contributed by atoms with Crippen LogP contribution in [-0.4, -0.2) is 24.1 Å². The Morgan fingerprint density at radius 1 is 1.71 bits per heavy atom. The Morgan fingerprint density at radius 3 is 2.57 bits per heavy atom. The van der Waals surface area contributed by atoms with Gasteiger partial charge < -0.3 is 4.74 Å². The third-order valence-corrected chi connectivity index (χ3v) is 2.04. The van der Waals surface area contributed by atoms with Crippen molar-refractivity contribution < 1.29 is 9.53 Å². The summed E-state index contributed by atoms with van der Waals surface area (Å²) in [5, 5.41) is 0. The summed E-state index contributed by atoms with van der Waals surface area (Å²) in [6.07, 6.45) is 0.169. The molecule has 1 aliphatic rings. The van der Waals surface area contributed by atoms with Crippen LogP contribution in [0.3, 0.4) is 0 Å². The molecule has 0 amide bonds. The van der Waals surface area contributed by atoms with E-state index in [0.29, 0.717) is 0 Å². The van der Waals surface area contributed by atoms with Gasteiger partial charge in [0.25, 0.3) is 0 Å². The summed E-state index contributed by atoms with van der Waals surface area (Å²) in [5.74, 6) is 1.91. The SMILES string of the molecule is O=[C]OC1CSC1. The highest BCUT2D eigenvalue weighted by molar-refractivity contribution is 8.00. The molecule has 0 aromatic heterocycles. The number of hydrogen-bond acceptors (Lipinski definition) is 3. The third kappa shape index (κ3) is 1.09. The van der Waals surface area contributed by atoms with E-state index >= 15 is 0 Å². The van der Waals surface area contributed by atoms with Crippen LogP contribution in [0.15, 0.2) is 0 Å². The van der Waals surface area contributed by atoms with E-state index in [0.717, 1.165) is 11.5 Å².